The number of anilines is 1. The lowest BCUT2D eigenvalue weighted by Gasteiger charge is -2.34. The number of rotatable bonds is 8. The Morgan fingerprint density at radius 3 is 2.49 bits per heavy atom. The molecule has 0 radical (unpaired) electrons. The summed E-state index contributed by atoms with van der Waals surface area (Å²) < 4.78 is 10.6. The zero-order chi connectivity index (χ0) is 24.8. The van der Waals surface area contributed by atoms with Crippen LogP contribution in [0.25, 0.3) is 0 Å². The van der Waals surface area contributed by atoms with E-state index in [0.717, 1.165) is 26.2 Å². The van der Waals surface area contributed by atoms with E-state index in [9.17, 15) is 14.4 Å². The molecule has 2 aromatic rings. The molecular formula is C24H29N5O5S. The lowest BCUT2D eigenvalue weighted by molar-refractivity contribution is -0.144. The minimum absolute atomic E-state index is 0.00303. The Balaban J connectivity index is 1.25. The quantitative estimate of drug-likeness (QED) is 0.324. The van der Waals surface area contributed by atoms with Crippen LogP contribution in [0.1, 0.15) is 22.8 Å². The first kappa shape index (κ1) is 24.8. The zero-order valence-corrected chi connectivity index (χ0v) is 20.4. The van der Waals surface area contributed by atoms with Crippen molar-refractivity contribution in [2.75, 3.05) is 57.3 Å². The van der Waals surface area contributed by atoms with Crippen LogP contribution < -0.4 is 10.2 Å². The van der Waals surface area contributed by atoms with Crippen LogP contribution in [0.2, 0.25) is 0 Å². The molecule has 2 aliphatic heterocycles. The number of nitrogens with one attached hydrogen (secondary N) is 2. The molecule has 2 amide bonds. The molecule has 1 atom stereocenters. The SMILES string of the molecule is CCOC(=O)CN1CCN(CC2CN(c3ccc(C(=N)NC(=O)c4ccsc4)cc3)C(=O)O2)CC1. The van der Waals surface area contributed by atoms with Gasteiger partial charge < -0.3 is 14.8 Å². The Bertz CT molecular complexity index is 1050. The molecule has 0 saturated carbocycles. The highest BCUT2D eigenvalue weighted by molar-refractivity contribution is 7.08. The van der Waals surface area contributed by atoms with Gasteiger partial charge in [0.15, 0.2) is 0 Å². The summed E-state index contributed by atoms with van der Waals surface area (Å²) in [6.07, 6.45) is -0.647. The second-order valence-corrected chi connectivity index (χ2v) is 9.17. The van der Waals surface area contributed by atoms with E-state index in [2.05, 4.69) is 15.1 Å². The fourth-order valence-corrected chi connectivity index (χ4v) is 4.73. The van der Waals surface area contributed by atoms with Crippen LogP contribution >= 0.6 is 11.3 Å². The Labute approximate surface area is 207 Å². The molecule has 186 valence electrons. The van der Waals surface area contributed by atoms with E-state index in [0.29, 0.717) is 43.1 Å². The molecule has 0 aliphatic carbocycles. The third-order valence-corrected chi connectivity index (χ3v) is 6.63. The van der Waals surface area contributed by atoms with E-state index in [1.807, 2.05) is 5.38 Å². The monoisotopic (exact) mass is 499 g/mol. The first-order chi connectivity index (χ1) is 16.9. The van der Waals surface area contributed by atoms with Crippen LogP contribution in [0.15, 0.2) is 41.1 Å². The molecule has 0 bridgehead atoms. The van der Waals surface area contributed by atoms with Crippen molar-refractivity contribution in [3.8, 4) is 0 Å². The summed E-state index contributed by atoms with van der Waals surface area (Å²) in [4.78, 5) is 42.2. The Morgan fingerprint density at radius 2 is 1.83 bits per heavy atom. The molecule has 1 aromatic heterocycles. The summed E-state index contributed by atoms with van der Waals surface area (Å²) in [5.74, 6) is -0.531. The standard InChI is InChI=1S/C24H29N5O5S/c1-2-33-21(30)15-28-10-8-27(9-11-28)13-20-14-29(24(32)34-20)19-5-3-17(4-6-19)22(25)26-23(31)18-7-12-35-16-18/h3-7,12,16,20H,2,8-11,13-15H2,1H3,(H2,25,26,31). The van der Waals surface area contributed by atoms with Gasteiger partial charge in [-0.15, -0.1) is 0 Å². The normalized spacial score (nSPS) is 18.8. The summed E-state index contributed by atoms with van der Waals surface area (Å²) in [7, 11) is 0. The van der Waals surface area contributed by atoms with Crippen molar-refractivity contribution in [1.82, 2.24) is 15.1 Å². The molecule has 2 saturated heterocycles. The summed E-state index contributed by atoms with van der Waals surface area (Å²) in [6.45, 7) is 6.68. The molecular weight excluding hydrogens is 470 g/mol. The van der Waals surface area contributed by atoms with Gasteiger partial charge in [0.1, 0.15) is 11.9 Å². The number of carbonyl (C=O) groups is 3. The van der Waals surface area contributed by atoms with Gasteiger partial charge in [0.25, 0.3) is 5.91 Å². The Kier molecular flexibility index (Phi) is 8.11. The second kappa shape index (κ2) is 11.4. The maximum absolute atomic E-state index is 12.5. The summed E-state index contributed by atoms with van der Waals surface area (Å²) in [6, 6.07) is 8.61. The van der Waals surface area contributed by atoms with Crippen LogP contribution in [-0.4, -0.2) is 92.1 Å². The van der Waals surface area contributed by atoms with Crippen molar-refractivity contribution in [3.63, 3.8) is 0 Å². The van der Waals surface area contributed by atoms with E-state index in [1.54, 1.807) is 47.5 Å². The van der Waals surface area contributed by atoms with Crippen LogP contribution in [0.3, 0.4) is 0 Å². The molecule has 0 spiro atoms. The highest BCUT2D eigenvalue weighted by Gasteiger charge is 2.34. The zero-order valence-electron chi connectivity index (χ0n) is 19.6. The number of esters is 1. The highest BCUT2D eigenvalue weighted by atomic mass is 32.1. The fourth-order valence-electron chi connectivity index (χ4n) is 4.09. The van der Waals surface area contributed by atoms with Crippen molar-refractivity contribution in [3.05, 3.63) is 52.2 Å². The molecule has 3 heterocycles. The van der Waals surface area contributed by atoms with Gasteiger partial charge >= 0.3 is 12.1 Å². The Hall–Kier alpha value is -3.28. The van der Waals surface area contributed by atoms with Gasteiger partial charge in [0.05, 0.1) is 25.3 Å². The predicted molar refractivity (Wildman–Crippen MR) is 132 cm³/mol. The van der Waals surface area contributed by atoms with Gasteiger partial charge in [0, 0.05) is 49.4 Å². The summed E-state index contributed by atoms with van der Waals surface area (Å²) in [5, 5.41) is 14.3. The van der Waals surface area contributed by atoms with Gasteiger partial charge in [-0.3, -0.25) is 29.7 Å². The van der Waals surface area contributed by atoms with Crippen molar-refractivity contribution >= 4 is 40.8 Å². The van der Waals surface area contributed by atoms with E-state index < -0.39 is 6.09 Å². The van der Waals surface area contributed by atoms with Gasteiger partial charge in [-0.05, 0) is 42.6 Å². The smallest absolute Gasteiger partial charge is 0.414 e. The van der Waals surface area contributed by atoms with Gasteiger partial charge in [-0.2, -0.15) is 11.3 Å². The number of carbonyl (C=O) groups excluding carboxylic acids is 3. The van der Waals surface area contributed by atoms with Crippen LogP contribution in [0.5, 0.6) is 0 Å². The van der Waals surface area contributed by atoms with Gasteiger partial charge in [-0.25, -0.2) is 4.79 Å². The third-order valence-electron chi connectivity index (χ3n) is 5.95. The number of hydrogen-bond acceptors (Lipinski definition) is 9. The number of nitrogens with zero attached hydrogens (tertiary/aromatic N) is 3. The Morgan fingerprint density at radius 1 is 1.11 bits per heavy atom. The maximum Gasteiger partial charge on any atom is 0.414 e. The average Bonchev–Trinajstić information content (AvgIpc) is 3.51. The third kappa shape index (κ3) is 6.44. The van der Waals surface area contributed by atoms with Crippen molar-refractivity contribution < 1.29 is 23.9 Å². The number of thiophene rings is 1. The predicted octanol–water partition coefficient (Wildman–Crippen LogP) is 2.01. The maximum atomic E-state index is 12.5. The molecule has 2 N–H and O–H groups in total. The van der Waals surface area contributed by atoms with Crippen molar-refractivity contribution in [2.45, 2.75) is 13.0 Å². The molecule has 1 unspecified atom stereocenters. The average molecular weight is 500 g/mol. The number of piperazine rings is 1. The molecule has 2 fully saturated rings. The summed E-state index contributed by atoms with van der Waals surface area (Å²) >= 11 is 1.42. The van der Waals surface area contributed by atoms with Gasteiger partial charge in [-0.1, -0.05) is 0 Å². The molecule has 11 heteroatoms. The summed E-state index contributed by atoms with van der Waals surface area (Å²) in [5.41, 5.74) is 1.74. The minimum Gasteiger partial charge on any atom is -0.465 e. The topological polar surface area (TPSA) is 115 Å². The minimum atomic E-state index is -0.399. The van der Waals surface area contributed by atoms with Crippen molar-refractivity contribution in [1.29, 1.82) is 5.41 Å². The van der Waals surface area contributed by atoms with Crippen LogP contribution in [-0.2, 0) is 14.3 Å². The number of cyclic esters (lactones) is 1. The van der Waals surface area contributed by atoms with Crippen LogP contribution in [0.4, 0.5) is 10.5 Å². The lowest BCUT2D eigenvalue weighted by Crippen LogP contribution is -2.50. The number of benzene rings is 1. The highest BCUT2D eigenvalue weighted by Crippen LogP contribution is 2.23. The van der Waals surface area contributed by atoms with Gasteiger partial charge in [0.2, 0.25) is 0 Å². The first-order valence-corrected chi connectivity index (χ1v) is 12.5. The van der Waals surface area contributed by atoms with Crippen LogP contribution in [0, 0.1) is 5.41 Å². The molecule has 1 aromatic carbocycles. The number of ether oxygens (including phenoxy) is 2. The fraction of sp³-hybridized carbons (Fsp3) is 0.417. The molecule has 4 rings (SSSR count). The van der Waals surface area contributed by atoms with E-state index in [4.69, 9.17) is 14.9 Å². The first-order valence-electron chi connectivity index (χ1n) is 11.5. The largest absolute Gasteiger partial charge is 0.465 e. The lowest BCUT2D eigenvalue weighted by atomic mass is 10.1. The van der Waals surface area contributed by atoms with Crippen molar-refractivity contribution in [2.24, 2.45) is 0 Å². The number of amides is 2. The number of hydrogen-bond donors (Lipinski definition) is 2. The molecule has 2 aliphatic rings. The number of amidine groups is 1. The second-order valence-electron chi connectivity index (χ2n) is 8.39. The van der Waals surface area contributed by atoms with E-state index in [1.165, 1.54) is 11.3 Å². The molecule has 35 heavy (non-hydrogen) atoms. The molecule has 10 nitrogen and oxygen atoms in total. The van der Waals surface area contributed by atoms with E-state index in [-0.39, 0.29) is 23.8 Å². The van der Waals surface area contributed by atoms with E-state index >= 15 is 0 Å².